The fraction of sp³-hybridized carbons (Fsp3) is 0.643. The smallest absolute Gasteiger partial charge is 0.414 e. The van der Waals surface area contributed by atoms with Crippen molar-refractivity contribution in [1.29, 1.82) is 0 Å². The van der Waals surface area contributed by atoms with Gasteiger partial charge in [-0.1, -0.05) is 6.92 Å². The van der Waals surface area contributed by atoms with Gasteiger partial charge in [-0.2, -0.15) is 13.2 Å². The number of aliphatic hydroxyl groups is 1. The summed E-state index contributed by atoms with van der Waals surface area (Å²) in [7, 11) is 0. The van der Waals surface area contributed by atoms with Gasteiger partial charge < -0.3 is 14.4 Å². The molecule has 0 saturated carbocycles. The van der Waals surface area contributed by atoms with Crippen molar-refractivity contribution in [1.82, 2.24) is 4.90 Å². The minimum absolute atomic E-state index is 0.133. The van der Waals surface area contributed by atoms with Gasteiger partial charge in [0.15, 0.2) is 11.9 Å². The average molecular weight is 305 g/mol. The molecule has 0 aliphatic carbocycles. The zero-order chi connectivity index (χ0) is 15.6. The second-order valence-corrected chi connectivity index (χ2v) is 5.24. The number of alkyl halides is 3. The van der Waals surface area contributed by atoms with E-state index in [0.717, 1.165) is 0 Å². The van der Waals surface area contributed by atoms with Gasteiger partial charge >= 0.3 is 6.18 Å². The van der Waals surface area contributed by atoms with Crippen molar-refractivity contribution in [2.45, 2.75) is 38.5 Å². The highest BCUT2D eigenvalue weighted by Crippen LogP contribution is 2.32. The molecule has 1 saturated heterocycles. The topological polar surface area (TPSA) is 53.7 Å². The number of likely N-dealkylation sites (tertiary alicyclic amines) is 1. The third-order valence-electron chi connectivity index (χ3n) is 3.83. The van der Waals surface area contributed by atoms with Crippen LogP contribution in [0.3, 0.4) is 0 Å². The summed E-state index contributed by atoms with van der Waals surface area (Å²) in [6, 6.07) is 3.30. The van der Waals surface area contributed by atoms with Gasteiger partial charge in [-0.15, -0.1) is 0 Å². The average Bonchev–Trinajstić information content (AvgIpc) is 2.94. The van der Waals surface area contributed by atoms with E-state index in [-0.39, 0.29) is 37.6 Å². The number of furan rings is 1. The Balaban J connectivity index is 1.93. The predicted octanol–water partition coefficient (Wildman–Crippen LogP) is 2.62. The van der Waals surface area contributed by atoms with Gasteiger partial charge in [0.25, 0.3) is 5.91 Å². The first kappa shape index (κ1) is 15.9. The highest BCUT2D eigenvalue weighted by molar-refractivity contribution is 5.91. The Morgan fingerprint density at radius 1 is 1.43 bits per heavy atom. The number of rotatable bonds is 3. The van der Waals surface area contributed by atoms with E-state index < -0.39 is 18.2 Å². The Hall–Kier alpha value is -1.50. The monoisotopic (exact) mass is 305 g/mol. The Bertz CT molecular complexity index is 490. The summed E-state index contributed by atoms with van der Waals surface area (Å²) in [6.45, 7) is 2.29. The largest absolute Gasteiger partial charge is 0.456 e. The standard InChI is InChI=1S/C14H18F3NO3/c1-2-10-3-4-11(21-10)13(20)18-7-5-9(6-8-18)12(19)14(15,16)17/h3-4,9,12,19H,2,5-8H2,1H3. The number of carbonyl (C=O) groups is 1. The van der Waals surface area contributed by atoms with E-state index in [4.69, 9.17) is 4.42 Å². The number of aliphatic hydroxyl groups excluding tert-OH is 1. The molecule has 1 aromatic heterocycles. The quantitative estimate of drug-likeness (QED) is 0.934. The molecule has 1 N–H and O–H groups in total. The molecular weight excluding hydrogens is 287 g/mol. The fourth-order valence-electron chi connectivity index (χ4n) is 2.52. The first-order valence-corrected chi connectivity index (χ1v) is 6.95. The highest BCUT2D eigenvalue weighted by Gasteiger charge is 2.44. The van der Waals surface area contributed by atoms with Gasteiger partial charge in [0, 0.05) is 19.5 Å². The number of carbonyl (C=O) groups excluding carboxylic acids is 1. The zero-order valence-electron chi connectivity index (χ0n) is 11.7. The van der Waals surface area contributed by atoms with Crippen LogP contribution in [0, 0.1) is 5.92 Å². The van der Waals surface area contributed by atoms with E-state index in [1.54, 1.807) is 12.1 Å². The van der Waals surface area contributed by atoms with Gasteiger partial charge in [0.05, 0.1) is 0 Å². The number of halogens is 3. The molecule has 2 rings (SSSR count). The lowest BCUT2D eigenvalue weighted by atomic mass is 9.91. The number of hydrogen-bond acceptors (Lipinski definition) is 3. The minimum atomic E-state index is -4.60. The lowest BCUT2D eigenvalue weighted by Gasteiger charge is -2.34. The van der Waals surface area contributed by atoms with Crippen LogP contribution in [0.5, 0.6) is 0 Å². The number of aryl methyl sites for hydroxylation is 1. The summed E-state index contributed by atoms with van der Waals surface area (Å²) in [4.78, 5) is 13.6. The van der Waals surface area contributed by atoms with Gasteiger partial charge in [-0.05, 0) is 30.9 Å². The predicted molar refractivity (Wildman–Crippen MR) is 68.8 cm³/mol. The minimum Gasteiger partial charge on any atom is -0.456 e. The summed E-state index contributed by atoms with van der Waals surface area (Å²) < 4.78 is 42.7. The van der Waals surface area contributed by atoms with Crippen LogP contribution in [0.15, 0.2) is 16.5 Å². The van der Waals surface area contributed by atoms with Crippen molar-refractivity contribution in [3.05, 3.63) is 23.7 Å². The molecule has 118 valence electrons. The zero-order valence-corrected chi connectivity index (χ0v) is 11.7. The summed E-state index contributed by atoms with van der Waals surface area (Å²) in [5, 5.41) is 9.24. The van der Waals surface area contributed by atoms with Crippen molar-refractivity contribution in [3.8, 4) is 0 Å². The van der Waals surface area contributed by atoms with Crippen LogP contribution in [0.4, 0.5) is 13.2 Å². The second kappa shape index (κ2) is 6.09. The Kier molecular flexibility index (Phi) is 4.61. The van der Waals surface area contributed by atoms with E-state index in [9.17, 15) is 23.1 Å². The lowest BCUT2D eigenvalue weighted by Crippen LogP contribution is -2.45. The molecule has 0 spiro atoms. The molecule has 0 aromatic carbocycles. The Morgan fingerprint density at radius 2 is 2.05 bits per heavy atom. The Labute approximate surface area is 120 Å². The van der Waals surface area contributed by atoms with E-state index in [1.165, 1.54) is 4.90 Å². The molecule has 21 heavy (non-hydrogen) atoms. The highest BCUT2D eigenvalue weighted by atomic mass is 19.4. The summed E-state index contributed by atoms with van der Waals surface area (Å²) >= 11 is 0. The first-order valence-electron chi connectivity index (χ1n) is 6.95. The third-order valence-corrected chi connectivity index (χ3v) is 3.83. The molecule has 1 amide bonds. The van der Waals surface area contributed by atoms with Gasteiger partial charge in [-0.3, -0.25) is 4.79 Å². The molecule has 2 heterocycles. The molecule has 0 bridgehead atoms. The van der Waals surface area contributed by atoms with Crippen LogP contribution in [0.1, 0.15) is 36.1 Å². The maximum atomic E-state index is 12.5. The number of hydrogen-bond donors (Lipinski definition) is 1. The summed E-state index contributed by atoms with van der Waals surface area (Å²) in [5.74, 6) is -0.256. The molecule has 4 nitrogen and oxygen atoms in total. The molecule has 1 aromatic rings. The lowest BCUT2D eigenvalue weighted by molar-refractivity contribution is -0.222. The van der Waals surface area contributed by atoms with Crippen LogP contribution < -0.4 is 0 Å². The van der Waals surface area contributed by atoms with E-state index in [0.29, 0.717) is 12.2 Å². The Morgan fingerprint density at radius 3 is 2.52 bits per heavy atom. The van der Waals surface area contributed by atoms with E-state index >= 15 is 0 Å². The summed E-state index contributed by atoms with van der Waals surface area (Å²) in [6.07, 6.45) is -5.98. The van der Waals surface area contributed by atoms with E-state index in [1.807, 2.05) is 6.92 Å². The van der Waals surface area contributed by atoms with Gasteiger partial charge in [0.1, 0.15) is 5.76 Å². The van der Waals surface area contributed by atoms with Crippen molar-refractivity contribution in [2.75, 3.05) is 13.1 Å². The molecule has 0 radical (unpaired) electrons. The van der Waals surface area contributed by atoms with Crippen LogP contribution in [-0.2, 0) is 6.42 Å². The molecule has 7 heteroatoms. The first-order chi connectivity index (χ1) is 9.82. The van der Waals surface area contributed by atoms with Crippen LogP contribution >= 0.6 is 0 Å². The van der Waals surface area contributed by atoms with Gasteiger partial charge in [-0.25, -0.2) is 0 Å². The number of piperidine rings is 1. The fourth-order valence-corrected chi connectivity index (χ4v) is 2.52. The van der Waals surface area contributed by atoms with Crippen molar-refractivity contribution >= 4 is 5.91 Å². The molecular formula is C14H18F3NO3. The van der Waals surface area contributed by atoms with Crippen molar-refractivity contribution in [3.63, 3.8) is 0 Å². The molecule has 1 atom stereocenters. The van der Waals surface area contributed by atoms with Crippen LogP contribution in [0.2, 0.25) is 0 Å². The second-order valence-electron chi connectivity index (χ2n) is 5.24. The normalized spacial score (nSPS) is 18.8. The molecule has 1 aliphatic heterocycles. The van der Waals surface area contributed by atoms with E-state index in [2.05, 4.69) is 0 Å². The van der Waals surface area contributed by atoms with Crippen molar-refractivity contribution < 1.29 is 27.5 Å². The third kappa shape index (κ3) is 3.58. The molecule has 1 fully saturated rings. The maximum Gasteiger partial charge on any atom is 0.414 e. The SMILES string of the molecule is CCc1ccc(C(=O)N2CCC(C(O)C(F)(F)F)CC2)o1. The molecule has 1 aliphatic rings. The maximum absolute atomic E-state index is 12.5. The number of amides is 1. The van der Waals surface area contributed by atoms with Crippen LogP contribution in [0.25, 0.3) is 0 Å². The van der Waals surface area contributed by atoms with Gasteiger partial charge in [0.2, 0.25) is 0 Å². The number of nitrogens with zero attached hydrogens (tertiary/aromatic N) is 1. The molecule has 1 unspecified atom stereocenters. The van der Waals surface area contributed by atoms with Crippen molar-refractivity contribution in [2.24, 2.45) is 5.92 Å². The van der Waals surface area contributed by atoms with Crippen LogP contribution in [-0.4, -0.2) is 41.3 Å². The summed E-state index contributed by atoms with van der Waals surface area (Å²) in [5.41, 5.74) is 0.